The van der Waals surface area contributed by atoms with Crippen LogP contribution in [0.1, 0.15) is 15.9 Å². The van der Waals surface area contributed by atoms with Crippen LogP contribution in [0.25, 0.3) is 6.08 Å². The summed E-state index contributed by atoms with van der Waals surface area (Å²) in [6, 6.07) is 7.51. The molecule has 1 aromatic carbocycles. The molecule has 92 valence electrons. The van der Waals surface area contributed by atoms with Crippen LogP contribution in [0.3, 0.4) is 0 Å². The molecule has 0 unspecified atom stereocenters. The number of amides is 1. The van der Waals surface area contributed by atoms with E-state index < -0.39 is 0 Å². The third kappa shape index (κ3) is 4.04. The largest absolute Gasteiger partial charge is 0.340 e. The van der Waals surface area contributed by atoms with Gasteiger partial charge in [0.05, 0.1) is 0 Å². The summed E-state index contributed by atoms with van der Waals surface area (Å²) in [6.45, 7) is 5.29. The molecule has 0 aromatic heterocycles. The highest BCUT2D eigenvalue weighted by atomic mass is 16.2. The Morgan fingerprint density at radius 1 is 1.29 bits per heavy atom. The van der Waals surface area contributed by atoms with E-state index in [0.29, 0.717) is 5.56 Å². The Kier molecular flexibility index (Phi) is 4.91. The van der Waals surface area contributed by atoms with Crippen molar-refractivity contribution in [2.45, 2.75) is 0 Å². The van der Waals surface area contributed by atoms with Crippen molar-refractivity contribution in [1.82, 2.24) is 9.80 Å². The molecular formula is C14H20N2O. The van der Waals surface area contributed by atoms with E-state index in [1.165, 1.54) is 0 Å². The molecule has 0 aliphatic carbocycles. The second kappa shape index (κ2) is 6.21. The van der Waals surface area contributed by atoms with Crippen LogP contribution in [-0.2, 0) is 0 Å². The Hall–Kier alpha value is -1.61. The van der Waals surface area contributed by atoms with Crippen molar-refractivity contribution in [2.24, 2.45) is 0 Å². The quantitative estimate of drug-likeness (QED) is 0.775. The van der Waals surface area contributed by atoms with E-state index in [9.17, 15) is 4.79 Å². The molecule has 0 radical (unpaired) electrons. The molecule has 0 spiro atoms. The number of hydrogen-bond donors (Lipinski definition) is 0. The fourth-order valence-electron chi connectivity index (χ4n) is 1.47. The first-order chi connectivity index (χ1) is 8.04. The summed E-state index contributed by atoms with van der Waals surface area (Å²) in [5.74, 6) is 0.0514. The summed E-state index contributed by atoms with van der Waals surface area (Å²) in [4.78, 5) is 15.9. The first-order valence-corrected chi connectivity index (χ1v) is 5.67. The van der Waals surface area contributed by atoms with Crippen LogP contribution in [0, 0.1) is 0 Å². The summed E-state index contributed by atoms with van der Waals surface area (Å²) in [7, 11) is 5.82. The molecule has 0 atom stereocenters. The third-order valence-electron chi connectivity index (χ3n) is 2.60. The van der Waals surface area contributed by atoms with Crippen LogP contribution in [0.5, 0.6) is 0 Å². The van der Waals surface area contributed by atoms with Gasteiger partial charge in [-0.3, -0.25) is 4.79 Å². The highest BCUT2D eigenvalue weighted by Gasteiger charge is 2.11. The second-order valence-corrected chi connectivity index (χ2v) is 4.36. The maximum absolute atomic E-state index is 12.1. The van der Waals surface area contributed by atoms with E-state index in [1.54, 1.807) is 11.0 Å². The monoisotopic (exact) mass is 232 g/mol. The lowest BCUT2D eigenvalue weighted by molar-refractivity contribution is 0.0786. The summed E-state index contributed by atoms with van der Waals surface area (Å²) in [5, 5.41) is 0. The molecule has 17 heavy (non-hydrogen) atoms. The van der Waals surface area contributed by atoms with Gasteiger partial charge in [0.15, 0.2) is 0 Å². The molecule has 1 amide bonds. The van der Waals surface area contributed by atoms with Gasteiger partial charge < -0.3 is 9.80 Å². The summed E-state index contributed by atoms with van der Waals surface area (Å²) >= 11 is 0. The van der Waals surface area contributed by atoms with Crippen LogP contribution in [0.2, 0.25) is 0 Å². The van der Waals surface area contributed by atoms with Gasteiger partial charge in [-0.1, -0.05) is 24.8 Å². The minimum absolute atomic E-state index is 0.0514. The van der Waals surface area contributed by atoms with E-state index >= 15 is 0 Å². The molecular weight excluding hydrogens is 212 g/mol. The van der Waals surface area contributed by atoms with Gasteiger partial charge in [0.2, 0.25) is 0 Å². The van der Waals surface area contributed by atoms with Gasteiger partial charge in [-0.2, -0.15) is 0 Å². The molecule has 0 saturated heterocycles. The maximum Gasteiger partial charge on any atom is 0.253 e. The van der Waals surface area contributed by atoms with Crippen molar-refractivity contribution < 1.29 is 4.79 Å². The number of rotatable bonds is 5. The van der Waals surface area contributed by atoms with Crippen LogP contribution in [0.4, 0.5) is 0 Å². The first kappa shape index (κ1) is 13.5. The van der Waals surface area contributed by atoms with Crippen molar-refractivity contribution in [3.8, 4) is 0 Å². The van der Waals surface area contributed by atoms with Crippen LogP contribution in [-0.4, -0.2) is 49.9 Å². The molecule has 3 nitrogen and oxygen atoms in total. The van der Waals surface area contributed by atoms with Crippen molar-refractivity contribution in [1.29, 1.82) is 0 Å². The Morgan fingerprint density at radius 2 is 2.00 bits per heavy atom. The van der Waals surface area contributed by atoms with E-state index in [0.717, 1.165) is 18.7 Å². The minimum Gasteiger partial charge on any atom is -0.340 e. The lowest BCUT2D eigenvalue weighted by atomic mass is 10.1. The van der Waals surface area contributed by atoms with Crippen LogP contribution >= 0.6 is 0 Å². The number of likely N-dealkylation sites (N-methyl/N-ethyl adjacent to an activating group) is 2. The first-order valence-electron chi connectivity index (χ1n) is 5.67. The highest BCUT2D eigenvalue weighted by molar-refractivity contribution is 5.94. The molecule has 0 N–H and O–H groups in total. The van der Waals surface area contributed by atoms with Crippen molar-refractivity contribution >= 4 is 12.0 Å². The molecule has 0 fully saturated rings. The van der Waals surface area contributed by atoms with Crippen molar-refractivity contribution in [3.05, 3.63) is 42.0 Å². The normalized spacial score (nSPS) is 10.4. The van der Waals surface area contributed by atoms with Crippen molar-refractivity contribution in [2.75, 3.05) is 34.2 Å². The lowest BCUT2D eigenvalue weighted by Crippen LogP contribution is -2.33. The number of benzene rings is 1. The maximum atomic E-state index is 12.1. The molecule has 0 heterocycles. The summed E-state index contributed by atoms with van der Waals surface area (Å²) in [6.07, 6.45) is 1.75. The SMILES string of the molecule is C=Cc1cccc(C(=O)N(C)CCN(C)C)c1. The second-order valence-electron chi connectivity index (χ2n) is 4.36. The zero-order chi connectivity index (χ0) is 12.8. The zero-order valence-corrected chi connectivity index (χ0v) is 10.8. The van der Waals surface area contributed by atoms with Gasteiger partial charge in [0, 0.05) is 25.7 Å². The van der Waals surface area contributed by atoms with Crippen LogP contribution in [0.15, 0.2) is 30.8 Å². The topological polar surface area (TPSA) is 23.6 Å². The van der Waals surface area contributed by atoms with E-state index in [-0.39, 0.29) is 5.91 Å². The van der Waals surface area contributed by atoms with Crippen LogP contribution < -0.4 is 0 Å². The Morgan fingerprint density at radius 3 is 2.59 bits per heavy atom. The Bertz CT molecular complexity index is 399. The lowest BCUT2D eigenvalue weighted by Gasteiger charge is -2.19. The average molecular weight is 232 g/mol. The van der Waals surface area contributed by atoms with E-state index in [4.69, 9.17) is 0 Å². The van der Waals surface area contributed by atoms with Gasteiger partial charge in [0.25, 0.3) is 5.91 Å². The third-order valence-corrected chi connectivity index (χ3v) is 2.60. The molecule has 0 aliphatic heterocycles. The predicted octanol–water partition coefficient (Wildman–Crippen LogP) is 1.96. The molecule has 0 aliphatic rings. The number of carbonyl (C=O) groups excluding carboxylic acids is 1. The van der Waals surface area contributed by atoms with Crippen molar-refractivity contribution in [3.63, 3.8) is 0 Å². The Labute approximate surface area is 103 Å². The fourth-order valence-corrected chi connectivity index (χ4v) is 1.47. The van der Waals surface area contributed by atoms with Gasteiger partial charge in [-0.15, -0.1) is 0 Å². The molecule has 1 rings (SSSR count). The average Bonchev–Trinajstić information content (AvgIpc) is 2.35. The molecule has 3 heteroatoms. The Balaban J connectivity index is 2.70. The van der Waals surface area contributed by atoms with E-state index in [2.05, 4.69) is 11.5 Å². The minimum atomic E-state index is 0.0514. The summed E-state index contributed by atoms with van der Waals surface area (Å²) < 4.78 is 0. The molecule has 0 bridgehead atoms. The van der Waals surface area contributed by atoms with Gasteiger partial charge in [-0.25, -0.2) is 0 Å². The van der Waals surface area contributed by atoms with E-state index in [1.807, 2.05) is 45.4 Å². The van der Waals surface area contributed by atoms with Gasteiger partial charge in [0.1, 0.15) is 0 Å². The standard InChI is InChI=1S/C14H20N2O/c1-5-12-7-6-8-13(11-12)14(17)16(4)10-9-15(2)3/h5-8,11H,1,9-10H2,2-4H3. The van der Waals surface area contributed by atoms with Gasteiger partial charge >= 0.3 is 0 Å². The zero-order valence-electron chi connectivity index (χ0n) is 10.8. The smallest absolute Gasteiger partial charge is 0.253 e. The number of nitrogens with zero attached hydrogens (tertiary/aromatic N) is 2. The number of hydrogen-bond acceptors (Lipinski definition) is 2. The summed E-state index contributed by atoms with van der Waals surface area (Å²) in [5.41, 5.74) is 1.68. The fraction of sp³-hybridized carbons (Fsp3) is 0.357. The molecule has 0 saturated carbocycles. The van der Waals surface area contributed by atoms with Gasteiger partial charge in [-0.05, 0) is 31.8 Å². The number of carbonyl (C=O) groups is 1. The predicted molar refractivity (Wildman–Crippen MR) is 72.0 cm³/mol. The molecule has 1 aromatic rings. The highest BCUT2D eigenvalue weighted by Crippen LogP contribution is 2.08.